The Bertz CT molecular complexity index is 506. The molecule has 1 atom stereocenters. The molecule has 6 nitrogen and oxygen atoms in total. The molecule has 1 aromatic rings. The summed E-state index contributed by atoms with van der Waals surface area (Å²) in [6, 6.07) is 0.891. The highest BCUT2D eigenvalue weighted by Gasteiger charge is 2.35. The maximum absolute atomic E-state index is 12.3. The molecule has 1 aliphatic heterocycles. The first-order chi connectivity index (χ1) is 8.50. The van der Waals surface area contributed by atoms with E-state index < -0.39 is 12.0 Å². The van der Waals surface area contributed by atoms with Crippen LogP contribution < -0.4 is 0 Å². The summed E-state index contributed by atoms with van der Waals surface area (Å²) in [6.07, 6.45) is 0. The largest absolute Gasteiger partial charge is 0.480 e. The topological polar surface area (TPSA) is 83.4 Å². The predicted molar refractivity (Wildman–Crippen MR) is 66.4 cm³/mol. The van der Waals surface area contributed by atoms with Crippen molar-refractivity contribution < 1.29 is 14.7 Å². The van der Waals surface area contributed by atoms with Gasteiger partial charge in [0.15, 0.2) is 0 Å². The number of rotatable bonds is 2. The molecule has 2 heterocycles. The summed E-state index contributed by atoms with van der Waals surface area (Å²) >= 11 is 1.44. The molecule has 0 aliphatic carbocycles. The zero-order valence-corrected chi connectivity index (χ0v) is 10.9. The summed E-state index contributed by atoms with van der Waals surface area (Å²) < 4.78 is 0. The Morgan fingerprint density at radius 3 is 2.83 bits per heavy atom. The van der Waals surface area contributed by atoms with E-state index in [2.05, 4.69) is 10.2 Å². The second-order valence-electron chi connectivity index (χ2n) is 4.11. The fourth-order valence-electron chi connectivity index (χ4n) is 1.77. The molecule has 7 heteroatoms. The summed E-state index contributed by atoms with van der Waals surface area (Å²) in [5.74, 6) is -0.429. The number of hydrogen-bond acceptors (Lipinski definition) is 5. The molecule has 1 N–H and O–H groups in total. The zero-order chi connectivity index (χ0) is 13.3. The van der Waals surface area contributed by atoms with E-state index in [0.717, 1.165) is 0 Å². The van der Waals surface area contributed by atoms with Crippen molar-refractivity contribution in [3.63, 3.8) is 0 Å². The monoisotopic (exact) mass is 267 g/mol. The van der Waals surface area contributed by atoms with Gasteiger partial charge in [0.1, 0.15) is 6.04 Å². The third kappa shape index (κ3) is 2.31. The molecule has 1 aliphatic rings. The lowest BCUT2D eigenvalue weighted by Gasteiger charge is -2.21. The number of carbonyl (C=O) groups is 2. The summed E-state index contributed by atoms with van der Waals surface area (Å²) in [6.45, 7) is 3.44. The first kappa shape index (κ1) is 12.8. The summed E-state index contributed by atoms with van der Waals surface area (Å²) in [4.78, 5) is 24.8. The van der Waals surface area contributed by atoms with E-state index >= 15 is 0 Å². The molecule has 1 fully saturated rings. The minimum Gasteiger partial charge on any atom is -0.480 e. The molecule has 0 bridgehead atoms. The Hall–Kier alpha value is -1.63. The van der Waals surface area contributed by atoms with Crippen LogP contribution in [0.25, 0.3) is 0 Å². The van der Waals surface area contributed by atoms with E-state index in [1.807, 2.05) is 0 Å². The predicted octanol–water partition coefficient (Wildman–Crippen LogP) is 0.693. The molecule has 18 heavy (non-hydrogen) atoms. The molecule has 0 spiro atoms. The number of carboxylic acids is 1. The number of aryl methyl sites for hydroxylation is 2. The first-order valence-electron chi connectivity index (χ1n) is 5.43. The Labute approximate surface area is 108 Å². The minimum absolute atomic E-state index is 0.289. The van der Waals surface area contributed by atoms with Crippen LogP contribution in [0.2, 0.25) is 0 Å². The van der Waals surface area contributed by atoms with Gasteiger partial charge >= 0.3 is 5.97 Å². The van der Waals surface area contributed by atoms with Gasteiger partial charge in [-0.3, -0.25) is 4.79 Å². The average molecular weight is 267 g/mol. The fraction of sp³-hybridized carbons (Fsp3) is 0.455. The number of aromatic nitrogens is 2. The molecule has 0 radical (unpaired) electrons. The van der Waals surface area contributed by atoms with Gasteiger partial charge in [-0.1, -0.05) is 0 Å². The smallest absolute Gasteiger partial charge is 0.327 e. The molecule has 1 unspecified atom stereocenters. The molecule has 0 saturated carbocycles. The highest BCUT2D eigenvalue weighted by molar-refractivity contribution is 7.99. The molecule has 1 saturated heterocycles. The van der Waals surface area contributed by atoms with Crippen molar-refractivity contribution in [2.75, 3.05) is 11.6 Å². The Balaban J connectivity index is 2.31. The fourth-order valence-corrected chi connectivity index (χ4v) is 2.91. The number of nitrogens with zero attached hydrogens (tertiary/aromatic N) is 3. The Morgan fingerprint density at radius 1 is 1.44 bits per heavy atom. The van der Waals surface area contributed by atoms with Crippen LogP contribution in [-0.4, -0.2) is 49.8 Å². The van der Waals surface area contributed by atoms with Crippen LogP contribution in [0.5, 0.6) is 0 Å². The van der Waals surface area contributed by atoms with Crippen LogP contribution >= 0.6 is 11.8 Å². The lowest BCUT2D eigenvalue weighted by atomic mass is 10.1. The van der Waals surface area contributed by atoms with E-state index in [9.17, 15) is 9.59 Å². The van der Waals surface area contributed by atoms with Crippen LogP contribution in [0.4, 0.5) is 0 Å². The van der Waals surface area contributed by atoms with Crippen molar-refractivity contribution in [3.05, 3.63) is 23.0 Å². The van der Waals surface area contributed by atoms with Gasteiger partial charge in [0.2, 0.25) is 0 Å². The van der Waals surface area contributed by atoms with Gasteiger partial charge in [-0.25, -0.2) is 4.79 Å². The van der Waals surface area contributed by atoms with E-state index in [-0.39, 0.29) is 5.91 Å². The Kier molecular flexibility index (Phi) is 3.51. The number of hydrogen-bond donors (Lipinski definition) is 1. The average Bonchev–Trinajstić information content (AvgIpc) is 2.80. The maximum atomic E-state index is 12.3. The summed E-state index contributed by atoms with van der Waals surface area (Å²) in [5.41, 5.74) is 1.59. The van der Waals surface area contributed by atoms with Crippen molar-refractivity contribution in [2.45, 2.75) is 19.9 Å². The van der Waals surface area contributed by atoms with E-state index in [1.165, 1.54) is 16.7 Å². The lowest BCUT2D eigenvalue weighted by Crippen LogP contribution is -2.42. The van der Waals surface area contributed by atoms with Crippen LogP contribution in [0, 0.1) is 13.8 Å². The number of carboxylic acid groups (broad SMARTS) is 1. The highest BCUT2D eigenvalue weighted by atomic mass is 32.2. The number of amides is 1. The molecule has 0 aromatic carbocycles. The SMILES string of the molecule is Cc1cc(C(=O)N2CSCC2C(=O)O)c(C)nn1. The summed E-state index contributed by atoms with van der Waals surface area (Å²) in [7, 11) is 0. The second kappa shape index (κ2) is 4.93. The zero-order valence-electron chi connectivity index (χ0n) is 10.1. The van der Waals surface area contributed by atoms with Crippen LogP contribution in [0.15, 0.2) is 6.07 Å². The third-order valence-corrected chi connectivity index (χ3v) is 3.77. The molecular weight excluding hydrogens is 254 g/mol. The van der Waals surface area contributed by atoms with Crippen molar-refractivity contribution in [1.29, 1.82) is 0 Å². The number of thioether (sulfide) groups is 1. The number of aliphatic carboxylic acids is 1. The molecule has 1 amide bonds. The lowest BCUT2D eigenvalue weighted by molar-refractivity contribution is -0.140. The third-order valence-electron chi connectivity index (χ3n) is 2.76. The minimum atomic E-state index is -0.968. The van der Waals surface area contributed by atoms with Gasteiger partial charge in [-0.05, 0) is 19.9 Å². The van der Waals surface area contributed by atoms with Crippen LogP contribution in [0.3, 0.4) is 0 Å². The number of carbonyl (C=O) groups excluding carboxylic acids is 1. The van der Waals surface area contributed by atoms with Crippen molar-refractivity contribution in [2.24, 2.45) is 0 Å². The molecular formula is C11H13N3O3S. The van der Waals surface area contributed by atoms with Crippen molar-refractivity contribution >= 4 is 23.6 Å². The molecule has 96 valence electrons. The second-order valence-corrected chi connectivity index (χ2v) is 5.11. The standard InChI is InChI=1S/C11H13N3O3S/c1-6-3-8(7(2)13-12-6)10(15)14-5-18-4-9(14)11(16)17/h3,9H,4-5H2,1-2H3,(H,16,17). The van der Waals surface area contributed by atoms with Gasteiger partial charge in [0.25, 0.3) is 5.91 Å². The van der Waals surface area contributed by atoms with Gasteiger partial charge in [-0.15, -0.1) is 11.8 Å². The van der Waals surface area contributed by atoms with Crippen molar-refractivity contribution in [1.82, 2.24) is 15.1 Å². The summed E-state index contributed by atoms with van der Waals surface area (Å²) in [5, 5.41) is 16.8. The highest BCUT2D eigenvalue weighted by Crippen LogP contribution is 2.24. The normalized spacial score (nSPS) is 19.0. The van der Waals surface area contributed by atoms with E-state index in [4.69, 9.17) is 5.11 Å². The maximum Gasteiger partial charge on any atom is 0.327 e. The quantitative estimate of drug-likeness (QED) is 0.849. The van der Waals surface area contributed by atoms with Gasteiger partial charge in [0.05, 0.1) is 22.8 Å². The molecule has 2 rings (SSSR count). The van der Waals surface area contributed by atoms with Gasteiger partial charge < -0.3 is 10.0 Å². The molecule has 1 aromatic heterocycles. The van der Waals surface area contributed by atoms with Crippen molar-refractivity contribution in [3.8, 4) is 0 Å². The van der Waals surface area contributed by atoms with Crippen LogP contribution in [0.1, 0.15) is 21.7 Å². The van der Waals surface area contributed by atoms with E-state index in [0.29, 0.717) is 28.6 Å². The van der Waals surface area contributed by atoms with Crippen LogP contribution in [-0.2, 0) is 4.79 Å². The Morgan fingerprint density at radius 2 is 2.17 bits per heavy atom. The van der Waals surface area contributed by atoms with E-state index in [1.54, 1.807) is 19.9 Å². The first-order valence-corrected chi connectivity index (χ1v) is 6.58. The van der Waals surface area contributed by atoms with Gasteiger partial charge in [-0.2, -0.15) is 10.2 Å². The van der Waals surface area contributed by atoms with Gasteiger partial charge in [0, 0.05) is 5.75 Å².